The Kier molecular flexibility index (Phi) is 3.96. The lowest BCUT2D eigenvalue weighted by atomic mass is 10.2. The van der Waals surface area contributed by atoms with Crippen molar-refractivity contribution in [2.75, 3.05) is 13.7 Å². The summed E-state index contributed by atoms with van der Waals surface area (Å²) in [4.78, 5) is 11.1. The van der Waals surface area contributed by atoms with E-state index in [-0.39, 0.29) is 12.4 Å². The molecule has 74 valence electrons. The number of carbonyl (C=O) groups excluding carboxylic acids is 1. The molecule has 1 atom stereocenters. The Morgan fingerprint density at radius 3 is 3.08 bits per heavy atom. The predicted octanol–water partition coefficient (Wildman–Crippen LogP) is 1.67. The zero-order chi connectivity index (χ0) is 9.68. The molecular weight excluding hydrogens is 168 g/mol. The van der Waals surface area contributed by atoms with Crippen molar-refractivity contribution >= 4 is 5.78 Å². The van der Waals surface area contributed by atoms with Gasteiger partial charge in [0.15, 0.2) is 5.78 Å². The van der Waals surface area contributed by atoms with Gasteiger partial charge in [0.2, 0.25) is 0 Å². The maximum Gasteiger partial charge on any atom is 0.184 e. The number of ether oxygens (including phenoxy) is 2. The van der Waals surface area contributed by atoms with E-state index in [0.29, 0.717) is 6.10 Å². The summed E-state index contributed by atoms with van der Waals surface area (Å²) in [6.07, 6.45) is 4.78. The van der Waals surface area contributed by atoms with E-state index >= 15 is 0 Å². The lowest BCUT2D eigenvalue weighted by Crippen LogP contribution is -2.05. The smallest absolute Gasteiger partial charge is 0.184 e. The molecule has 0 unspecified atom stereocenters. The minimum absolute atomic E-state index is 0.0192. The van der Waals surface area contributed by atoms with Crippen LogP contribution in [0, 0.1) is 0 Å². The van der Waals surface area contributed by atoms with Gasteiger partial charge in [-0.3, -0.25) is 4.79 Å². The average molecular weight is 184 g/mol. The number of carbonyl (C=O) groups is 1. The van der Waals surface area contributed by atoms with Crippen molar-refractivity contribution in [3.8, 4) is 0 Å². The van der Waals surface area contributed by atoms with Gasteiger partial charge in [-0.25, -0.2) is 0 Å². The Balaban J connectivity index is 2.40. The summed E-state index contributed by atoms with van der Waals surface area (Å²) in [6, 6.07) is 0. The summed E-state index contributed by atoms with van der Waals surface area (Å²) in [5, 5.41) is 0. The zero-order valence-corrected chi connectivity index (χ0v) is 8.21. The molecule has 3 nitrogen and oxygen atoms in total. The van der Waals surface area contributed by atoms with E-state index in [9.17, 15) is 4.79 Å². The Morgan fingerprint density at radius 2 is 2.54 bits per heavy atom. The Hall–Kier alpha value is -0.830. The van der Waals surface area contributed by atoms with Crippen molar-refractivity contribution in [2.24, 2.45) is 0 Å². The molecule has 3 heteroatoms. The summed E-state index contributed by atoms with van der Waals surface area (Å²) in [7, 11) is 1.51. The van der Waals surface area contributed by atoms with Crippen LogP contribution in [0.25, 0.3) is 0 Å². The molecule has 1 aliphatic rings. The lowest BCUT2D eigenvalue weighted by Gasteiger charge is -2.06. The molecule has 0 aromatic carbocycles. The van der Waals surface area contributed by atoms with E-state index in [1.165, 1.54) is 7.11 Å². The maximum absolute atomic E-state index is 11.1. The molecule has 1 fully saturated rings. The highest BCUT2D eigenvalue weighted by Gasteiger charge is 2.19. The van der Waals surface area contributed by atoms with Gasteiger partial charge in [0.25, 0.3) is 0 Å². The molecule has 1 saturated heterocycles. The SMILES string of the molecule is CC[C@H]1CC/C(=C\C(=O)COC)O1. The van der Waals surface area contributed by atoms with Crippen LogP contribution >= 0.6 is 0 Å². The molecule has 0 amide bonds. The first kappa shape index (κ1) is 10.3. The van der Waals surface area contributed by atoms with Gasteiger partial charge in [-0.2, -0.15) is 0 Å². The van der Waals surface area contributed by atoms with Crippen molar-refractivity contribution in [3.63, 3.8) is 0 Å². The predicted molar refractivity (Wildman–Crippen MR) is 49.4 cm³/mol. The molecular formula is C10H16O3. The zero-order valence-electron chi connectivity index (χ0n) is 8.21. The first-order chi connectivity index (χ1) is 6.26. The van der Waals surface area contributed by atoms with Crippen LogP contribution in [0.5, 0.6) is 0 Å². The number of hydrogen-bond donors (Lipinski definition) is 0. The maximum atomic E-state index is 11.1. The van der Waals surface area contributed by atoms with Crippen LogP contribution in [0.2, 0.25) is 0 Å². The highest BCUT2D eigenvalue weighted by Crippen LogP contribution is 2.24. The minimum atomic E-state index is -0.0192. The highest BCUT2D eigenvalue weighted by molar-refractivity contribution is 5.91. The van der Waals surface area contributed by atoms with Crippen LogP contribution in [-0.2, 0) is 14.3 Å². The first-order valence-electron chi connectivity index (χ1n) is 4.65. The van der Waals surface area contributed by atoms with Crippen molar-refractivity contribution in [3.05, 3.63) is 11.8 Å². The molecule has 0 spiro atoms. The first-order valence-corrected chi connectivity index (χ1v) is 4.65. The second-order valence-corrected chi connectivity index (χ2v) is 3.20. The van der Waals surface area contributed by atoms with Gasteiger partial charge in [0.05, 0.1) is 6.10 Å². The van der Waals surface area contributed by atoms with E-state index in [2.05, 4.69) is 6.92 Å². The van der Waals surface area contributed by atoms with Gasteiger partial charge in [0.1, 0.15) is 12.4 Å². The second kappa shape index (κ2) is 5.02. The number of methoxy groups -OCH3 is 1. The third kappa shape index (κ3) is 3.19. The third-order valence-corrected chi connectivity index (χ3v) is 2.09. The molecule has 13 heavy (non-hydrogen) atoms. The molecule has 1 rings (SSSR count). The standard InChI is InChI=1S/C10H16O3/c1-3-9-4-5-10(13-9)6-8(11)7-12-2/h6,9H,3-5,7H2,1-2H3/b10-6+/t9-/m0/s1. The van der Waals surface area contributed by atoms with Gasteiger partial charge in [-0.05, 0) is 12.8 Å². The van der Waals surface area contributed by atoms with Crippen molar-refractivity contribution in [1.82, 2.24) is 0 Å². The van der Waals surface area contributed by atoms with Gasteiger partial charge >= 0.3 is 0 Å². The summed E-state index contributed by atoms with van der Waals surface area (Å²) in [5.74, 6) is 0.795. The molecule has 0 saturated carbocycles. The molecule has 0 aromatic rings. The number of rotatable bonds is 4. The van der Waals surface area contributed by atoms with Crippen molar-refractivity contribution in [1.29, 1.82) is 0 Å². The number of ketones is 1. The molecule has 0 N–H and O–H groups in total. The largest absolute Gasteiger partial charge is 0.495 e. The lowest BCUT2D eigenvalue weighted by molar-refractivity contribution is -0.118. The Bertz CT molecular complexity index is 208. The van der Waals surface area contributed by atoms with Crippen LogP contribution < -0.4 is 0 Å². The van der Waals surface area contributed by atoms with Gasteiger partial charge in [-0.15, -0.1) is 0 Å². The molecule has 0 aromatic heterocycles. The second-order valence-electron chi connectivity index (χ2n) is 3.20. The molecule has 1 aliphatic heterocycles. The average Bonchev–Trinajstić information content (AvgIpc) is 2.52. The van der Waals surface area contributed by atoms with Gasteiger partial charge < -0.3 is 9.47 Å². The highest BCUT2D eigenvalue weighted by atomic mass is 16.5. The number of allylic oxidation sites excluding steroid dienone is 1. The van der Waals surface area contributed by atoms with Crippen LogP contribution in [0.15, 0.2) is 11.8 Å². The fourth-order valence-corrected chi connectivity index (χ4v) is 1.39. The van der Waals surface area contributed by atoms with E-state index in [1.54, 1.807) is 6.08 Å². The van der Waals surface area contributed by atoms with Crippen LogP contribution in [0.3, 0.4) is 0 Å². The van der Waals surface area contributed by atoms with E-state index in [0.717, 1.165) is 25.0 Å². The fraction of sp³-hybridized carbons (Fsp3) is 0.700. The van der Waals surface area contributed by atoms with Gasteiger partial charge in [-0.1, -0.05) is 6.92 Å². The Labute approximate surface area is 78.7 Å². The minimum Gasteiger partial charge on any atom is -0.495 e. The van der Waals surface area contributed by atoms with Crippen LogP contribution in [0.1, 0.15) is 26.2 Å². The van der Waals surface area contributed by atoms with Crippen LogP contribution in [-0.4, -0.2) is 25.6 Å². The summed E-state index contributed by atoms with van der Waals surface area (Å²) in [5.41, 5.74) is 0. The quantitative estimate of drug-likeness (QED) is 0.623. The molecule has 0 bridgehead atoms. The molecule has 0 aliphatic carbocycles. The van der Waals surface area contributed by atoms with E-state index in [4.69, 9.17) is 9.47 Å². The van der Waals surface area contributed by atoms with Crippen LogP contribution in [0.4, 0.5) is 0 Å². The molecule has 1 heterocycles. The number of hydrogen-bond acceptors (Lipinski definition) is 3. The monoisotopic (exact) mass is 184 g/mol. The van der Waals surface area contributed by atoms with Crippen molar-refractivity contribution < 1.29 is 14.3 Å². The normalized spacial score (nSPS) is 24.8. The summed E-state index contributed by atoms with van der Waals surface area (Å²) >= 11 is 0. The Morgan fingerprint density at radius 1 is 1.77 bits per heavy atom. The molecule has 0 radical (unpaired) electrons. The summed E-state index contributed by atoms with van der Waals surface area (Å²) < 4.78 is 10.2. The third-order valence-electron chi connectivity index (χ3n) is 2.09. The fourth-order valence-electron chi connectivity index (χ4n) is 1.39. The van der Waals surface area contributed by atoms with Gasteiger partial charge in [0, 0.05) is 19.6 Å². The van der Waals surface area contributed by atoms with E-state index in [1.807, 2.05) is 0 Å². The summed E-state index contributed by atoms with van der Waals surface area (Å²) in [6.45, 7) is 2.23. The topological polar surface area (TPSA) is 35.5 Å². The van der Waals surface area contributed by atoms with Crippen molar-refractivity contribution in [2.45, 2.75) is 32.3 Å². The van der Waals surface area contributed by atoms with E-state index < -0.39 is 0 Å².